The van der Waals surface area contributed by atoms with Crippen molar-refractivity contribution in [3.8, 4) is 11.3 Å². The number of nitrogens with zero attached hydrogens (tertiary/aromatic N) is 2. The largest absolute Gasteiger partial charge is 0.443 e. The number of fused-ring (bicyclic) bond motifs is 1. The second-order valence-electron chi connectivity index (χ2n) is 3.24. The highest BCUT2D eigenvalue weighted by Gasteiger charge is 2.05. The van der Waals surface area contributed by atoms with Gasteiger partial charge in [0.1, 0.15) is 0 Å². The first-order chi connectivity index (χ1) is 7.45. The molecule has 3 rings (SSSR count). The Balaban J connectivity index is 2.36. The van der Waals surface area contributed by atoms with E-state index in [0.29, 0.717) is 0 Å². The lowest BCUT2D eigenvalue weighted by molar-refractivity contribution is 0.572. The molecule has 0 unspecified atom stereocenters. The molecule has 1 aromatic carbocycles. The summed E-state index contributed by atoms with van der Waals surface area (Å²) in [5.74, 6) is 0.772. The van der Waals surface area contributed by atoms with Crippen molar-refractivity contribution in [1.29, 1.82) is 0 Å². The lowest BCUT2D eigenvalue weighted by atomic mass is 10.1. The van der Waals surface area contributed by atoms with Crippen molar-refractivity contribution in [1.82, 2.24) is 9.97 Å². The van der Waals surface area contributed by atoms with Gasteiger partial charge >= 0.3 is 0 Å². The van der Waals surface area contributed by atoms with Gasteiger partial charge in [0.25, 0.3) is 0 Å². The lowest BCUT2D eigenvalue weighted by Gasteiger charge is -2.01. The van der Waals surface area contributed by atoms with Crippen LogP contribution in [0, 0.1) is 0 Å². The van der Waals surface area contributed by atoms with Crippen molar-refractivity contribution in [2.75, 3.05) is 0 Å². The molecule has 0 radical (unpaired) electrons. The maximum absolute atomic E-state index is 5.29. The van der Waals surface area contributed by atoms with Gasteiger partial charge in [-0.2, -0.15) is 0 Å². The van der Waals surface area contributed by atoms with Crippen LogP contribution in [0.1, 0.15) is 0 Å². The molecule has 3 aromatic rings. The third-order valence-electron chi connectivity index (χ3n) is 2.35. The molecule has 0 fully saturated rings. The van der Waals surface area contributed by atoms with Crippen molar-refractivity contribution in [2.45, 2.75) is 0 Å². The number of para-hydroxylation sites is 1. The molecule has 0 aliphatic heterocycles. The Morgan fingerprint density at radius 3 is 2.87 bits per heavy atom. The first-order valence-electron chi connectivity index (χ1n) is 4.68. The molecule has 0 spiro atoms. The van der Waals surface area contributed by atoms with E-state index in [4.69, 9.17) is 4.42 Å². The van der Waals surface area contributed by atoms with Crippen LogP contribution in [-0.2, 0) is 0 Å². The second-order valence-corrected chi connectivity index (χ2v) is 3.24. The summed E-state index contributed by atoms with van der Waals surface area (Å²) >= 11 is 0. The topological polar surface area (TPSA) is 38.9 Å². The fourth-order valence-electron chi connectivity index (χ4n) is 1.66. The minimum atomic E-state index is 0.772. The van der Waals surface area contributed by atoms with Crippen LogP contribution in [0.3, 0.4) is 0 Å². The van der Waals surface area contributed by atoms with Crippen LogP contribution in [0.2, 0.25) is 0 Å². The van der Waals surface area contributed by atoms with E-state index in [9.17, 15) is 0 Å². The number of aromatic nitrogens is 2. The van der Waals surface area contributed by atoms with Gasteiger partial charge in [-0.15, -0.1) is 0 Å². The molecule has 0 amide bonds. The highest BCUT2D eigenvalue weighted by molar-refractivity contribution is 5.92. The van der Waals surface area contributed by atoms with Crippen molar-refractivity contribution in [3.05, 3.63) is 49.1 Å². The van der Waals surface area contributed by atoms with Crippen molar-refractivity contribution >= 4 is 10.9 Å². The summed E-state index contributed by atoms with van der Waals surface area (Å²) in [6.45, 7) is 0. The van der Waals surface area contributed by atoms with Crippen molar-refractivity contribution in [3.63, 3.8) is 0 Å². The van der Waals surface area contributed by atoms with Crippen molar-refractivity contribution < 1.29 is 4.42 Å². The summed E-state index contributed by atoms with van der Waals surface area (Å²) < 4.78 is 5.29. The first-order valence-corrected chi connectivity index (χ1v) is 4.68. The van der Waals surface area contributed by atoms with E-state index in [-0.39, 0.29) is 0 Å². The Kier molecular flexibility index (Phi) is 1.75. The highest BCUT2D eigenvalue weighted by atomic mass is 16.3. The lowest BCUT2D eigenvalue weighted by Crippen LogP contribution is -1.81. The number of hydrogen-bond donors (Lipinski definition) is 0. The highest BCUT2D eigenvalue weighted by Crippen LogP contribution is 2.26. The van der Waals surface area contributed by atoms with Gasteiger partial charge in [0, 0.05) is 17.1 Å². The van der Waals surface area contributed by atoms with E-state index < -0.39 is 0 Å². The Hall–Kier alpha value is -2.16. The molecule has 0 aliphatic rings. The van der Waals surface area contributed by atoms with Gasteiger partial charge in [-0.25, -0.2) is 4.98 Å². The van der Waals surface area contributed by atoms with Gasteiger partial charge in [-0.05, 0) is 12.1 Å². The van der Waals surface area contributed by atoms with Gasteiger partial charge in [0.05, 0.1) is 11.7 Å². The zero-order chi connectivity index (χ0) is 10.1. The van der Waals surface area contributed by atoms with Crippen LogP contribution in [-0.4, -0.2) is 9.97 Å². The maximum atomic E-state index is 5.29. The van der Waals surface area contributed by atoms with Crippen LogP contribution in [0.25, 0.3) is 22.2 Å². The molecule has 72 valence electrons. The third-order valence-corrected chi connectivity index (χ3v) is 2.35. The van der Waals surface area contributed by atoms with Gasteiger partial charge in [-0.1, -0.05) is 18.2 Å². The number of benzene rings is 1. The van der Waals surface area contributed by atoms with Crippen LogP contribution in [0.15, 0.2) is 53.5 Å². The summed E-state index contributed by atoms with van der Waals surface area (Å²) in [4.78, 5) is 8.21. The summed E-state index contributed by atoms with van der Waals surface area (Å²) in [7, 11) is 0. The number of oxazole rings is 1. The molecule has 0 saturated carbocycles. The Bertz CT molecular complexity index is 582. The van der Waals surface area contributed by atoms with Crippen LogP contribution in [0.5, 0.6) is 0 Å². The third kappa shape index (κ3) is 1.29. The first kappa shape index (κ1) is 8.17. The molecule has 0 atom stereocenters. The van der Waals surface area contributed by atoms with Gasteiger partial charge in [-0.3, -0.25) is 4.98 Å². The van der Waals surface area contributed by atoms with Crippen molar-refractivity contribution in [2.24, 2.45) is 0 Å². The van der Waals surface area contributed by atoms with E-state index in [2.05, 4.69) is 9.97 Å². The summed E-state index contributed by atoms with van der Waals surface area (Å²) in [6.07, 6.45) is 4.92. The fourth-order valence-corrected chi connectivity index (χ4v) is 1.66. The summed E-state index contributed by atoms with van der Waals surface area (Å²) in [5.41, 5.74) is 1.99. The van der Waals surface area contributed by atoms with Crippen LogP contribution >= 0.6 is 0 Å². The maximum Gasteiger partial charge on any atom is 0.181 e. The van der Waals surface area contributed by atoms with Gasteiger partial charge in [0.15, 0.2) is 12.2 Å². The van der Waals surface area contributed by atoms with E-state index in [1.54, 1.807) is 12.4 Å². The molecule has 2 aromatic heterocycles. The minimum absolute atomic E-state index is 0.772. The predicted molar refractivity (Wildman–Crippen MR) is 57.2 cm³/mol. The molecule has 3 nitrogen and oxygen atoms in total. The molecule has 2 heterocycles. The number of rotatable bonds is 1. The van der Waals surface area contributed by atoms with Crippen LogP contribution < -0.4 is 0 Å². The monoisotopic (exact) mass is 196 g/mol. The molecule has 0 N–H and O–H groups in total. The molecular formula is C12H8N2O. The zero-order valence-electron chi connectivity index (χ0n) is 7.92. The zero-order valence-corrected chi connectivity index (χ0v) is 7.92. The fraction of sp³-hybridized carbons (Fsp3) is 0. The molecule has 0 saturated heterocycles. The molecular weight excluding hydrogens is 188 g/mol. The summed E-state index contributed by atoms with van der Waals surface area (Å²) in [5, 5.41) is 1.08. The van der Waals surface area contributed by atoms with E-state index >= 15 is 0 Å². The Labute approximate surface area is 86.4 Å². The standard InChI is InChI=1S/C12H8N2O/c1-2-4-11-9(3-1)10(5-6-14-11)12-7-13-8-15-12/h1-8H. The van der Waals surface area contributed by atoms with E-state index in [1.165, 1.54) is 6.39 Å². The normalized spacial score (nSPS) is 10.7. The Morgan fingerprint density at radius 2 is 2.00 bits per heavy atom. The van der Waals surface area contributed by atoms with E-state index in [1.807, 2.05) is 30.3 Å². The number of hydrogen-bond acceptors (Lipinski definition) is 3. The van der Waals surface area contributed by atoms with Crippen LogP contribution in [0.4, 0.5) is 0 Å². The van der Waals surface area contributed by atoms with Gasteiger partial charge in [0.2, 0.25) is 0 Å². The Morgan fingerprint density at radius 1 is 1.07 bits per heavy atom. The average molecular weight is 196 g/mol. The second kappa shape index (κ2) is 3.20. The smallest absolute Gasteiger partial charge is 0.181 e. The SMILES string of the molecule is c1ccc2c(-c3cnco3)ccnc2c1. The van der Waals surface area contributed by atoms with Gasteiger partial charge < -0.3 is 4.42 Å². The number of pyridine rings is 1. The molecule has 3 heteroatoms. The van der Waals surface area contributed by atoms with E-state index in [0.717, 1.165) is 22.2 Å². The summed E-state index contributed by atoms with van der Waals surface area (Å²) in [6, 6.07) is 9.90. The predicted octanol–water partition coefficient (Wildman–Crippen LogP) is 2.89. The molecule has 0 aliphatic carbocycles. The average Bonchev–Trinajstić information content (AvgIpc) is 2.82. The molecule has 0 bridgehead atoms. The molecule has 15 heavy (non-hydrogen) atoms. The minimum Gasteiger partial charge on any atom is -0.443 e. The quantitative estimate of drug-likeness (QED) is 0.600.